The maximum atomic E-state index is 12.2. The number of ether oxygens (including phenoxy) is 2. The number of nitrogens with zero attached hydrogens (tertiary/aromatic N) is 2. The molecule has 2 aliphatic heterocycles. The zero-order chi connectivity index (χ0) is 20.6. The molecule has 0 saturated carbocycles. The Balaban J connectivity index is 0.00000320. The van der Waals surface area contributed by atoms with E-state index < -0.39 is 0 Å². The molecule has 1 unspecified atom stereocenters. The Morgan fingerprint density at radius 1 is 1.27 bits per heavy atom. The van der Waals surface area contributed by atoms with Gasteiger partial charge in [0.25, 0.3) is 0 Å². The number of amides is 1. The van der Waals surface area contributed by atoms with Crippen LogP contribution in [0.5, 0.6) is 11.5 Å². The zero-order valence-electron chi connectivity index (χ0n) is 18.3. The van der Waals surface area contributed by atoms with Crippen LogP contribution in [0.2, 0.25) is 0 Å². The van der Waals surface area contributed by atoms with E-state index in [1.807, 2.05) is 24.8 Å². The van der Waals surface area contributed by atoms with Gasteiger partial charge in [-0.15, -0.1) is 24.0 Å². The summed E-state index contributed by atoms with van der Waals surface area (Å²) in [6, 6.07) is 4.13. The van der Waals surface area contributed by atoms with Crippen LogP contribution < -0.4 is 20.1 Å². The molecule has 1 aromatic carbocycles. The second-order valence-corrected chi connectivity index (χ2v) is 7.59. The molecule has 1 amide bonds. The monoisotopic (exact) mass is 530 g/mol. The van der Waals surface area contributed by atoms with Gasteiger partial charge < -0.3 is 25.0 Å². The largest absolute Gasteiger partial charge is 0.494 e. The first kappa shape index (κ1) is 24.6. The van der Waals surface area contributed by atoms with E-state index in [1.54, 1.807) is 0 Å². The third-order valence-corrected chi connectivity index (χ3v) is 5.22. The van der Waals surface area contributed by atoms with Gasteiger partial charge in [-0.2, -0.15) is 0 Å². The van der Waals surface area contributed by atoms with E-state index in [-0.39, 0.29) is 36.0 Å². The lowest BCUT2D eigenvalue weighted by molar-refractivity contribution is -0.129. The highest BCUT2D eigenvalue weighted by Crippen LogP contribution is 2.35. The fourth-order valence-electron chi connectivity index (χ4n) is 3.81. The van der Waals surface area contributed by atoms with Crippen molar-refractivity contribution >= 4 is 35.8 Å². The molecule has 0 spiro atoms. The Labute approximate surface area is 197 Å². The Morgan fingerprint density at radius 3 is 2.73 bits per heavy atom. The van der Waals surface area contributed by atoms with Crippen molar-refractivity contribution < 1.29 is 14.3 Å². The number of fused-ring (bicyclic) bond motifs is 1. The maximum Gasteiger partial charge on any atom is 0.224 e. The summed E-state index contributed by atoms with van der Waals surface area (Å²) in [4.78, 5) is 18.9. The SMILES string of the molecule is CCNC(=NCc1cc2c(cc1OCC)CC(C)O2)NCCC(=O)N1CCCC1.I. The summed E-state index contributed by atoms with van der Waals surface area (Å²) >= 11 is 0. The first-order valence-corrected chi connectivity index (χ1v) is 10.9. The van der Waals surface area contributed by atoms with Gasteiger partial charge >= 0.3 is 0 Å². The van der Waals surface area contributed by atoms with Crippen LogP contribution in [0.4, 0.5) is 0 Å². The standard InChI is InChI=1S/C22H34N4O3.HI/c1-4-23-22(24-9-8-21(27)26-10-6-7-11-26)25-15-18-14-20-17(12-16(3)29-20)13-19(18)28-5-2;/h13-14,16H,4-12,15H2,1-3H3,(H2,23,24,25);1H. The van der Waals surface area contributed by atoms with E-state index in [4.69, 9.17) is 14.5 Å². The topological polar surface area (TPSA) is 75.2 Å². The molecular weight excluding hydrogens is 495 g/mol. The fraction of sp³-hybridized carbons (Fsp3) is 0.636. The Bertz CT molecular complexity index is 735. The number of likely N-dealkylation sites (tertiary alicyclic amines) is 1. The Kier molecular flexibility index (Phi) is 10.0. The smallest absolute Gasteiger partial charge is 0.224 e. The van der Waals surface area contributed by atoms with Gasteiger partial charge in [-0.25, -0.2) is 4.99 Å². The number of benzene rings is 1. The van der Waals surface area contributed by atoms with Gasteiger partial charge in [0, 0.05) is 50.1 Å². The molecule has 30 heavy (non-hydrogen) atoms. The van der Waals surface area contributed by atoms with Crippen LogP contribution in [0, 0.1) is 0 Å². The molecular formula is C22H35IN4O3. The number of carbonyl (C=O) groups is 1. The summed E-state index contributed by atoms with van der Waals surface area (Å²) in [5.41, 5.74) is 2.20. The van der Waals surface area contributed by atoms with E-state index in [0.29, 0.717) is 32.1 Å². The molecule has 3 rings (SSSR count). The average Bonchev–Trinajstić information content (AvgIpc) is 3.35. The number of carbonyl (C=O) groups excluding carboxylic acids is 1. The third kappa shape index (κ3) is 6.65. The number of rotatable bonds is 8. The summed E-state index contributed by atoms with van der Waals surface area (Å²) in [7, 11) is 0. The normalized spacial score (nSPS) is 17.8. The molecule has 2 N–H and O–H groups in total. The molecule has 2 heterocycles. The van der Waals surface area contributed by atoms with Gasteiger partial charge in [0.05, 0.1) is 13.2 Å². The van der Waals surface area contributed by atoms with Crippen molar-refractivity contribution in [3.8, 4) is 11.5 Å². The second kappa shape index (κ2) is 12.2. The molecule has 0 aliphatic carbocycles. The number of halogens is 1. The molecule has 8 heteroatoms. The van der Waals surface area contributed by atoms with Crippen LogP contribution in [0.25, 0.3) is 0 Å². The lowest BCUT2D eigenvalue weighted by Gasteiger charge is -2.16. The molecule has 1 aromatic rings. The molecule has 168 valence electrons. The minimum absolute atomic E-state index is 0. The van der Waals surface area contributed by atoms with E-state index in [2.05, 4.69) is 23.6 Å². The van der Waals surface area contributed by atoms with Gasteiger partial charge in [0.2, 0.25) is 5.91 Å². The lowest BCUT2D eigenvalue weighted by atomic mass is 10.1. The van der Waals surface area contributed by atoms with Crippen LogP contribution in [0.3, 0.4) is 0 Å². The third-order valence-electron chi connectivity index (χ3n) is 5.22. The second-order valence-electron chi connectivity index (χ2n) is 7.59. The predicted molar refractivity (Wildman–Crippen MR) is 130 cm³/mol. The number of guanidine groups is 1. The van der Waals surface area contributed by atoms with Gasteiger partial charge in [0.1, 0.15) is 17.6 Å². The predicted octanol–water partition coefficient (Wildman–Crippen LogP) is 3.09. The molecule has 0 radical (unpaired) electrons. The minimum Gasteiger partial charge on any atom is -0.494 e. The summed E-state index contributed by atoms with van der Waals surface area (Å²) < 4.78 is 11.7. The van der Waals surface area contributed by atoms with Gasteiger partial charge in [-0.05, 0) is 45.7 Å². The van der Waals surface area contributed by atoms with Crippen molar-refractivity contribution in [2.75, 3.05) is 32.8 Å². The first-order chi connectivity index (χ1) is 14.1. The van der Waals surface area contributed by atoms with Crippen molar-refractivity contribution in [2.45, 2.75) is 59.1 Å². The Hall–Kier alpha value is -1.71. The number of hydrogen-bond donors (Lipinski definition) is 2. The maximum absolute atomic E-state index is 12.2. The number of aliphatic imine (C=N–C) groups is 1. The van der Waals surface area contributed by atoms with Crippen molar-refractivity contribution in [3.63, 3.8) is 0 Å². The van der Waals surface area contributed by atoms with E-state index >= 15 is 0 Å². The van der Waals surface area contributed by atoms with E-state index in [9.17, 15) is 4.79 Å². The number of hydrogen-bond acceptors (Lipinski definition) is 4. The van der Waals surface area contributed by atoms with E-state index in [0.717, 1.165) is 56.0 Å². The summed E-state index contributed by atoms with van der Waals surface area (Å²) in [5.74, 6) is 2.72. The van der Waals surface area contributed by atoms with Gasteiger partial charge in [-0.1, -0.05) is 0 Å². The highest BCUT2D eigenvalue weighted by Gasteiger charge is 2.22. The molecule has 1 atom stereocenters. The van der Waals surface area contributed by atoms with Crippen LogP contribution in [-0.2, 0) is 17.8 Å². The fourth-order valence-corrected chi connectivity index (χ4v) is 3.81. The van der Waals surface area contributed by atoms with Crippen molar-refractivity contribution in [1.82, 2.24) is 15.5 Å². The minimum atomic E-state index is 0. The molecule has 7 nitrogen and oxygen atoms in total. The molecule has 0 aromatic heterocycles. The van der Waals surface area contributed by atoms with E-state index in [1.165, 1.54) is 5.56 Å². The Morgan fingerprint density at radius 2 is 2.03 bits per heavy atom. The van der Waals surface area contributed by atoms with Crippen LogP contribution >= 0.6 is 24.0 Å². The van der Waals surface area contributed by atoms with Crippen LogP contribution in [0.1, 0.15) is 51.2 Å². The summed E-state index contributed by atoms with van der Waals surface area (Å²) in [6.07, 6.45) is 3.84. The van der Waals surface area contributed by atoms with Crippen molar-refractivity contribution in [3.05, 3.63) is 23.3 Å². The number of nitrogens with one attached hydrogen (secondary N) is 2. The lowest BCUT2D eigenvalue weighted by Crippen LogP contribution is -2.39. The van der Waals surface area contributed by atoms with Crippen LogP contribution in [0.15, 0.2) is 17.1 Å². The van der Waals surface area contributed by atoms with Crippen molar-refractivity contribution in [2.24, 2.45) is 4.99 Å². The van der Waals surface area contributed by atoms with Gasteiger partial charge in [0.15, 0.2) is 5.96 Å². The quantitative estimate of drug-likeness (QED) is 0.307. The highest BCUT2D eigenvalue weighted by molar-refractivity contribution is 14.0. The average molecular weight is 530 g/mol. The summed E-state index contributed by atoms with van der Waals surface area (Å²) in [6.45, 7) is 10.3. The molecule has 1 saturated heterocycles. The first-order valence-electron chi connectivity index (χ1n) is 10.9. The molecule has 0 bridgehead atoms. The zero-order valence-corrected chi connectivity index (χ0v) is 20.7. The van der Waals surface area contributed by atoms with Crippen LogP contribution in [-0.4, -0.2) is 55.7 Å². The molecule has 2 aliphatic rings. The van der Waals surface area contributed by atoms with Crippen molar-refractivity contribution in [1.29, 1.82) is 0 Å². The van der Waals surface area contributed by atoms with Gasteiger partial charge in [-0.3, -0.25) is 4.79 Å². The summed E-state index contributed by atoms with van der Waals surface area (Å²) in [5, 5.41) is 6.52. The molecule has 1 fully saturated rings. The highest BCUT2D eigenvalue weighted by atomic mass is 127.